The minimum atomic E-state index is -0.248. The Balaban J connectivity index is 1.24. The second kappa shape index (κ2) is 4.79. The molecule has 0 radical (unpaired) electrons. The van der Waals surface area contributed by atoms with E-state index in [0.29, 0.717) is 12.0 Å². The Bertz CT molecular complexity index is 589. The fourth-order valence-electron chi connectivity index (χ4n) is 3.57. The maximum Gasteiger partial charge on any atom is 0.244 e. The van der Waals surface area contributed by atoms with Crippen molar-refractivity contribution in [2.24, 2.45) is 11.3 Å². The van der Waals surface area contributed by atoms with Gasteiger partial charge in [0.1, 0.15) is 6.54 Å². The molecule has 3 saturated carbocycles. The van der Waals surface area contributed by atoms with Gasteiger partial charge >= 0.3 is 0 Å². The van der Waals surface area contributed by atoms with Crippen LogP contribution in [0.1, 0.15) is 38.5 Å². The topological polar surface area (TPSA) is 88.9 Å². The Morgan fingerprint density at radius 3 is 2.45 bits per heavy atom. The second-order valence-electron chi connectivity index (χ2n) is 7.08. The number of amides is 2. The first-order valence-corrected chi connectivity index (χ1v) is 8.04. The molecular weight excluding hydrogens is 282 g/mol. The summed E-state index contributed by atoms with van der Waals surface area (Å²) in [5.41, 5.74) is 0.109. The quantitative estimate of drug-likeness (QED) is 0.787. The zero-order valence-electron chi connectivity index (χ0n) is 12.5. The van der Waals surface area contributed by atoms with Crippen LogP contribution in [-0.4, -0.2) is 38.9 Å². The Morgan fingerprint density at radius 2 is 1.91 bits per heavy atom. The van der Waals surface area contributed by atoms with E-state index >= 15 is 0 Å². The van der Waals surface area contributed by atoms with Crippen LogP contribution < -0.4 is 10.6 Å². The van der Waals surface area contributed by atoms with Gasteiger partial charge in [0.2, 0.25) is 11.8 Å². The zero-order valence-corrected chi connectivity index (χ0v) is 12.5. The molecule has 1 spiro atoms. The van der Waals surface area contributed by atoms with E-state index in [2.05, 4.69) is 20.8 Å². The highest BCUT2D eigenvalue weighted by molar-refractivity contribution is 5.83. The van der Waals surface area contributed by atoms with E-state index in [1.165, 1.54) is 24.1 Å². The Labute approximate surface area is 128 Å². The number of nitrogens with zero attached hydrogens (tertiary/aromatic N) is 3. The fraction of sp³-hybridized carbons (Fsp3) is 0.733. The van der Waals surface area contributed by atoms with Crippen LogP contribution >= 0.6 is 0 Å². The molecule has 1 aromatic rings. The first-order chi connectivity index (χ1) is 10.6. The van der Waals surface area contributed by atoms with Crippen molar-refractivity contribution in [3.63, 3.8) is 0 Å². The number of aromatic nitrogens is 3. The summed E-state index contributed by atoms with van der Waals surface area (Å²) in [5.74, 6) is 0.292. The number of hydrogen-bond donors (Lipinski definition) is 2. The third kappa shape index (κ3) is 2.48. The van der Waals surface area contributed by atoms with Crippen molar-refractivity contribution in [2.45, 2.75) is 50.6 Å². The van der Waals surface area contributed by atoms with Gasteiger partial charge in [-0.15, -0.1) is 0 Å². The molecule has 22 heavy (non-hydrogen) atoms. The van der Waals surface area contributed by atoms with Crippen molar-refractivity contribution in [2.75, 3.05) is 6.54 Å². The molecule has 118 valence electrons. The van der Waals surface area contributed by atoms with Crippen LogP contribution in [0, 0.1) is 11.3 Å². The molecule has 3 aliphatic carbocycles. The number of carbonyl (C=O) groups excluding carboxylic acids is 2. The van der Waals surface area contributed by atoms with Crippen molar-refractivity contribution in [1.29, 1.82) is 0 Å². The number of nitrogens with one attached hydrogen (secondary N) is 2. The minimum absolute atomic E-state index is 0.107. The van der Waals surface area contributed by atoms with Gasteiger partial charge in [0.15, 0.2) is 0 Å². The van der Waals surface area contributed by atoms with Gasteiger partial charge in [-0.2, -0.15) is 15.0 Å². The van der Waals surface area contributed by atoms with Gasteiger partial charge in [0.05, 0.1) is 17.9 Å². The smallest absolute Gasteiger partial charge is 0.244 e. The molecule has 1 atom stereocenters. The maximum absolute atomic E-state index is 12.2. The van der Waals surface area contributed by atoms with Gasteiger partial charge in [-0.3, -0.25) is 9.59 Å². The van der Waals surface area contributed by atoms with Gasteiger partial charge in [-0.1, -0.05) is 6.42 Å². The van der Waals surface area contributed by atoms with Gasteiger partial charge in [0, 0.05) is 12.5 Å². The van der Waals surface area contributed by atoms with Crippen LogP contribution in [0.5, 0.6) is 0 Å². The van der Waals surface area contributed by atoms with E-state index in [4.69, 9.17) is 0 Å². The van der Waals surface area contributed by atoms with E-state index in [0.717, 1.165) is 19.3 Å². The molecule has 0 bridgehead atoms. The average Bonchev–Trinajstić information content (AvgIpc) is 3.33. The summed E-state index contributed by atoms with van der Waals surface area (Å²) in [4.78, 5) is 25.5. The van der Waals surface area contributed by atoms with E-state index in [-0.39, 0.29) is 29.8 Å². The third-order valence-electron chi connectivity index (χ3n) is 5.47. The summed E-state index contributed by atoms with van der Waals surface area (Å²) < 4.78 is 0. The lowest BCUT2D eigenvalue weighted by Crippen LogP contribution is -2.47. The van der Waals surface area contributed by atoms with Gasteiger partial charge < -0.3 is 10.6 Å². The lowest BCUT2D eigenvalue weighted by Gasteiger charge is -2.26. The summed E-state index contributed by atoms with van der Waals surface area (Å²) in [6, 6.07) is 0. The molecule has 0 aliphatic heterocycles. The summed E-state index contributed by atoms with van der Waals surface area (Å²) in [6.45, 7) is 0.658. The largest absolute Gasteiger partial charge is 0.353 e. The first kappa shape index (κ1) is 13.7. The molecule has 2 N–H and O–H groups in total. The maximum atomic E-state index is 12.2. The molecule has 2 amide bonds. The van der Waals surface area contributed by atoms with E-state index in [1.807, 2.05) is 0 Å². The predicted octanol–water partition coefficient (Wildman–Crippen LogP) is 0.233. The highest BCUT2D eigenvalue weighted by atomic mass is 16.2. The van der Waals surface area contributed by atoms with Gasteiger partial charge in [-0.05, 0) is 37.5 Å². The average molecular weight is 303 g/mol. The molecule has 1 aromatic heterocycles. The van der Waals surface area contributed by atoms with Crippen molar-refractivity contribution in [3.05, 3.63) is 12.4 Å². The second-order valence-corrected chi connectivity index (χ2v) is 7.08. The van der Waals surface area contributed by atoms with Crippen molar-refractivity contribution < 1.29 is 9.59 Å². The molecule has 4 rings (SSSR count). The van der Waals surface area contributed by atoms with Crippen molar-refractivity contribution in [1.82, 2.24) is 25.6 Å². The number of hydrogen-bond acceptors (Lipinski definition) is 4. The fourth-order valence-corrected chi connectivity index (χ4v) is 3.57. The molecule has 3 aliphatic rings. The molecule has 3 fully saturated rings. The SMILES string of the molecule is O=C(Cn1nccn1)NC1(CNC(=O)C2CC23CCC3)CC1. The number of rotatable bonds is 6. The monoisotopic (exact) mass is 303 g/mol. The van der Waals surface area contributed by atoms with Crippen LogP contribution in [0.3, 0.4) is 0 Å². The molecule has 7 nitrogen and oxygen atoms in total. The molecular formula is C15H21N5O2. The summed E-state index contributed by atoms with van der Waals surface area (Å²) in [7, 11) is 0. The molecule has 1 heterocycles. The van der Waals surface area contributed by atoms with E-state index < -0.39 is 0 Å². The lowest BCUT2D eigenvalue weighted by molar-refractivity contribution is -0.125. The highest BCUT2D eigenvalue weighted by Crippen LogP contribution is 2.65. The normalized spacial score (nSPS) is 26.1. The summed E-state index contributed by atoms with van der Waals surface area (Å²) >= 11 is 0. The molecule has 1 unspecified atom stereocenters. The minimum Gasteiger partial charge on any atom is -0.353 e. The summed E-state index contributed by atoms with van der Waals surface area (Å²) in [5, 5.41) is 13.9. The molecule has 7 heteroatoms. The van der Waals surface area contributed by atoms with Crippen LogP contribution in [0.25, 0.3) is 0 Å². The predicted molar refractivity (Wildman–Crippen MR) is 77.5 cm³/mol. The number of carbonyl (C=O) groups is 2. The zero-order chi connectivity index (χ0) is 15.2. The highest BCUT2D eigenvalue weighted by Gasteiger charge is 2.61. The first-order valence-electron chi connectivity index (χ1n) is 8.04. The van der Waals surface area contributed by atoms with E-state index in [9.17, 15) is 9.59 Å². The third-order valence-corrected chi connectivity index (χ3v) is 5.47. The lowest BCUT2D eigenvalue weighted by atomic mass is 9.79. The van der Waals surface area contributed by atoms with Crippen LogP contribution in [0.15, 0.2) is 12.4 Å². The molecule has 0 saturated heterocycles. The Kier molecular flexibility index (Phi) is 2.99. The van der Waals surface area contributed by atoms with Crippen molar-refractivity contribution >= 4 is 11.8 Å². The van der Waals surface area contributed by atoms with Gasteiger partial charge in [-0.25, -0.2) is 0 Å². The van der Waals surface area contributed by atoms with Crippen LogP contribution in [-0.2, 0) is 16.1 Å². The Hall–Kier alpha value is -1.92. The standard InChI is InChI=1S/C15H21N5O2/c21-12(9-20-17-6-7-18-20)19-15(4-5-15)10-16-13(22)11-8-14(11)2-1-3-14/h6-7,11H,1-5,8-10H2,(H,16,22)(H,19,21). The Morgan fingerprint density at radius 1 is 1.18 bits per heavy atom. The van der Waals surface area contributed by atoms with Gasteiger partial charge in [0.25, 0.3) is 0 Å². The van der Waals surface area contributed by atoms with E-state index in [1.54, 1.807) is 12.4 Å². The summed E-state index contributed by atoms with van der Waals surface area (Å²) in [6.07, 6.45) is 9.68. The van der Waals surface area contributed by atoms with Crippen molar-refractivity contribution in [3.8, 4) is 0 Å². The molecule has 0 aromatic carbocycles. The van der Waals surface area contributed by atoms with Crippen LogP contribution in [0.2, 0.25) is 0 Å². The van der Waals surface area contributed by atoms with Crippen LogP contribution in [0.4, 0.5) is 0 Å².